The van der Waals surface area contributed by atoms with Crippen molar-refractivity contribution in [3.8, 4) is 11.5 Å². The van der Waals surface area contributed by atoms with Gasteiger partial charge in [-0.25, -0.2) is 0 Å². The molecule has 0 bridgehead atoms. The van der Waals surface area contributed by atoms with Crippen molar-refractivity contribution in [2.75, 3.05) is 6.61 Å². The van der Waals surface area contributed by atoms with Gasteiger partial charge in [-0.1, -0.05) is 6.07 Å². The fourth-order valence-corrected chi connectivity index (χ4v) is 0.916. The summed E-state index contributed by atoms with van der Waals surface area (Å²) in [6, 6.07) is 3.40. The van der Waals surface area contributed by atoms with Gasteiger partial charge in [0.25, 0.3) is 0 Å². The third kappa shape index (κ3) is 3.54. The van der Waals surface area contributed by atoms with E-state index in [1.54, 1.807) is 6.92 Å². The maximum Gasteiger partial charge on any atom is 1.00 e. The molecular formula is C8H8KNO4. The Kier molecular flexibility index (Phi) is 6.30. The van der Waals surface area contributed by atoms with E-state index in [2.05, 4.69) is 0 Å². The van der Waals surface area contributed by atoms with Crippen molar-refractivity contribution in [3.63, 3.8) is 0 Å². The standard InChI is InChI=1S/C8H9NO4.K/c1-2-13-8-5-6(10)3-4-7(8)9(11)12;/h3-5,10H,2H2,1H3;/q;+1/p-1. The first kappa shape index (κ1) is 13.9. The molecule has 6 heteroatoms. The van der Waals surface area contributed by atoms with Gasteiger partial charge in [-0.15, -0.1) is 5.75 Å². The molecule has 0 fully saturated rings. The molecule has 0 aromatic heterocycles. The van der Waals surface area contributed by atoms with E-state index in [4.69, 9.17) is 4.74 Å². The van der Waals surface area contributed by atoms with Gasteiger partial charge in [0.15, 0.2) is 5.75 Å². The topological polar surface area (TPSA) is 75.4 Å². The van der Waals surface area contributed by atoms with E-state index in [0.29, 0.717) is 6.61 Å². The Morgan fingerprint density at radius 3 is 2.64 bits per heavy atom. The molecule has 0 radical (unpaired) electrons. The van der Waals surface area contributed by atoms with Gasteiger partial charge in [0.05, 0.1) is 11.5 Å². The van der Waals surface area contributed by atoms with Gasteiger partial charge >= 0.3 is 57.1 Å². The summed E-state index contributed by atoms with van der Waals surface area (Å²) in [5, 5.41) is 21.3. The SMILES string of the molecule is CCOc1cc([O-])ccc1[N+](=O)[O-].[K+]. The summed E-state index contributed by atoms with van der Waals surface area (Å²) < 4.78 is 4.94. The Balaban J connectivity index is 0.00000169. The smallest absolute Gasteiger partial charge is 0.872 e. The zero-order chi connectivity index (χ0) is 9.84. The Morgan fingerprint density at radius 2 is 2.14 bits per heavy atom. The molecule has 0 N–H and O–H groups in total. The zero-order valence-electron chi connectivity index (χ0n) is 8.02. The largest absolute Gasteiger partial charge is 1.00 e. The van der Waals surface area contributed by atoms with E-state index in [-0.39, 0.29) is 68.6 Å². The van der Waals surface area contributed by atoms with Crippen LogP contribution in [0.25, 0.3) is 0 Å². The molecule has 0 spiro atoms. The fraction of sp³-hybridized carbons (Fsp3) is 0.250. The minimum absolute atomic E-state index is 0. The van der Waals surface area contributed by atoms with Crippen LogP contribution in [-0.2, 0) is 0 Å². The molecular weight excluding hydrogens is 213 g/mol. The summed E-state index contributed by atoms with van der Waals surface area (Å²) in [4.78, 5) is 9.85. The number of hydrogen-bond acceptors (Lipinski definition) is 4. The second kappa shape index (κ2) is 6.36. The van der Waals surface area contributed by atoms with Gasteiger partial charge in [-0.3, -0.25) is 10.1 Å². The van der Waals surface area contributed by atoms with Crippen molar-refractivity contribution in [1.82, 2.24) is 0 Å². The van der Waals surface area contributed by atoms with Crippen LogP contribution in [0.15, 0.2) is 18.2 Å². The zero-order valence-corrected chi connectivity index (χ0v) is 11.1. The molecule has 0 aliphatic rings. The fourth-order valence-electron chi connectivity index (χ4n) is 0.916. The van der Waals surface area contributed by atoms with E-state index in [0.717, 1.165) is 18.2 Å². The number of nitro groups is 1. The molecule has 0 saturated carbocycles. The first-order valence-corrected chi connectivity index (χ1v) is 3.73. The second-order valence-electron chi connectivity index (χ2n) is 2.32. The first-order valence-electron chi connectivity index (χ1n) is 3.73. The maximum atomic E-state index is 10.8. The molecule has 1 aromatic carbocycles. The van der Waals surface area contributed by atoms with E-state index in [1.807, 2.05) is 0 Å². The molecule has 0 aliphatic carbocycles. The van der Waals surface area contributed by atoms with E-state index >= 15 is 0 Å². The van der Waals surface area contributed by atoms with E-state index in [1.165, 1.54) is 0 Å². The minimum atomic E-state index is -0.579. The Labute approximate surface area is 124 Å². The Bertz CT molecular complexity index is 329. The Morgan fingerprint density at radius 1 is 1.50 bits per heavy atom. The van der Waals surface area contributed by atoms with E-state index in [9.17, 15) is 15.2 Å². The predicted octanol–water partition coefficient (Wildman–Crippen LogP) is -1.93. The molecule has 5 nitrogen and oxygen atoms in total. The van der Waals surface area contributed by atoms with Crippen LogP contribution >= 0.6 is 0 Å². The Hall–Kier alpha value is -0.144. The molecule has 0 saturated heterocycles. The number of nitrogens with zero attached hydrogens (tertiary/aromatic N) is 1. The van der Waals surface area contributed by atoms with Crippen LogP contribution in [0.3, 0.4) is 0 Å². The van der Waals surface area contributed by atoms with Crippen LogP contribution in [-0.4, -0.2) is 11.5 Å². The number of ether oxygens (including phenoxy) is 1. The second-order valence-corrected chi connectivity index (χ2v) is 2.32. The van der Waals surface area contributed by atoms with Crippen LogP contribution < -0.4 is 61.2 Å². The average molecular weight is 221 g/mol. The molecule has 1 rings (SSSR count). The summed E-state index contributed by atoms with van der Waals surface area (Å²) in [6.07, 6.45) is 0. The maximum absolute atomic E-state index is 10.8. The van der Waals surface area contributed by atoms with Crippen molar-refractivity contribution in [1.29, 1.82) is 0 Å². The van der Waals surface area contributed by atoms with Crippen molar-refractivity contribution in [2.45, 2.75) is 6.92 Å². The van der Waals surface area contributed by atoms with Crippen molar-refractivity contribution >= 4 is 5.69 Å². The summed E-state index contributed by atoms with van der Waals surface area (Å²) in [6.45, 7) is 1.99. The quantitative estimate of drug-likeness (QED) is 0.338. The molecule has 70 valence electrons. The molecule has 0 amide bonds. The molecule has 0 aliphatic heterocycles. The number of rotatable bonds is 3. The van der Waals surface area contributed by atoms with Crippen molar-refractivity contribution in [2.24, 2.45) is 0 Å². The van der Waals surface area contributed by atoms with Gasteiger partial charge < -0.3 is 9.84 Å². The van der Waals surface area contributed by atoms with Gasteiger partial charge in [0.1, 0.15) is 0 Å². The van der Waals surface area contributed by atoms with Gasteiger partial charge in [0.2, 0.25) is 0 Å². The predicted molar refractivity (Wildman–Crippen MR) is 43.7 cm³/mol. The van der Waals surface area contributed by atoms with Crippen LogP contribution in [0.4, 0.5) is 5.69 Å². The summed E-state index contributed by atoms with van der Waals surface area (Å²) in [5.74, 6) is -0.269. The molecule has 14 heavy (non-hydrogen) atoms. The first-order chi connectivity index (χ1) is 6.15. The number of hydrogen-bond donors (Lipinski definition) is 0. The van der Waals surface area contributed by atoms with Gasteiger partial charge in [0, 0.05) is 6.07 Å². The van der Waals surface area contributed by atoms with Crippen LogP contribution in [0.5, 0.6) is 11.5 Å². The van der Waals surface area contributed by atoms with Crippen LogP contribution in [0.1, 0.15) is 6.92 Å². The molecule has 0 unspecified atom stereocenters. The normalized spacial score (nSPS) is 8.93. The molecule has 0 atom stereocenters. The van der Waals surface area contributed by atoms with Gasteiger partial charge in [-0.2, -0.15) is 0 Å². The monoisotopic (exact) mass is 221 g/mol. The summed E-state index contributed by atoms with van der Waals surface area (Å²) in [7, 11) is 0. The number of benzene rings is 1. The van der Waals surface area contributed by atoms with Crippen molar-refractivity contribution < 1.29 is 66.2 Å². The van der Waals surface area contributed by atoms with Gasteiger partial charge in [-0.05, 0) is 13.0 Å². The van der Waals surface area contributed by atoms with Crippen molar-refractivity contribution in [3.05, 3.63) is 28.3 Å². The average Bonchev–Trinajstić information content (AvgIpc) is 2.04. The van der Waals surface area contributed by atoms with Crippen LogP contribution in [0.2, 0.25) is 0 Å². The third-order valence-electron chi connectivity index (χ3n) is 1.43. The molecule has 0 heterocycles. The summed E-state index contributed by atoms with van der Waals surface area (Å²) >= 11 is 0. The minimum Gasteiger partial charge on any atom is -0.872 e. The number of nitro benzene ring substituents is 1. The third-order valence-corrected chi connectivity index (χ3v) is 1.43. The van der Waals surface area contributed by atoms with Crippen LogP contribution in [0, 0.1) is 10.1 Å². The van der Waals surface area contributed by atoms with E-state index < -0.39 is 4.92 Å². The molecule has 1 aromatic rings. The summed E-state index contributed by atoms with van der Waals surface area (Å²) in [5.41, 5.74) is -0.179.